The minimum absolute atomic E-state index is 0.370. The number of amides is 1. The smallest absolute Gasteiger partial charge is 0.222 e. The molecular weight excluding hydrogens is 210 g/mol. The molecule has 1 saturated heterocycles. The number of rotatable bonds is 5. The summed E-state index contributed by atoms with van der Waals surface area (Å²) < 4.78 is 0. The molecule has 17 heavy (non-hydrogen) atoms. The fraction of sp³-hybridized carbons (Fsp3) is 0.800. The fourth-order valence-corrected chi connectivity index (χ4v) is 2.33. The van der Waals surface area contributed by atoms with Gasteiger partial charge in [0.2, 0.25) is 5.91 Å². The van der Waals surface area contributed by atoms with E-state index >= 15 is 0 Å². The number of carbonyl (C=O) groups excluding carboxylic acids is 1. The fourth-order valence-electron chi connectivity index (χ4n) is 2.33. The molecular formula is C15H27NO. The Morgan fingerprint density at radius 1 is 1.24 bits per heavy atom. The van der Waals surface area contributed by atoms with Crippen LogP contribution in [0.1, 0.15) is 59.3 Å². The molecule has 0 aromatic rings. The second kappa shape index (κ2) is 7.52. The Hall–Kier alpha value is -0.790. The van der Waals surface area contributed by atoms with Gasteiger partial charge in [-0.2, -0.15) is 0 Å². The first-order chi connectivity index (χ1) is 8.09. The number of nitrogens with zero attached hydrogens (tertiary/aromatic N) is 1. The number of likely N-dealkylation sites (tertiary alicyclic amines) is 1. The predicted molar refractivity (Wildman–Crippen MR) is 72.9 cm³/mol. The molecule has 0 spiro atoms. The molecule has 0 saturated carbocycles. The number of carbonyl (C=O) groups is 1. The number of allylic oxidation sites excluding steroid dienone is 2. The highest BCUT2D eigenvalue weighted by Crippen LogP contribution is 2.16. The van der Waals surface area contributed by atoms with E-state index in [9.17, 15) is 4.79 Å². The minimum atomic E-state index is 0.370. The molecule has 0 aliphatic carbocycles. The maximum absolute atomic E-state index is 12.0. The van der Waals surface area contributed by atoms with E-state index < -0.39 is 0 Å². The lowest BCUT2D eigenvalue weighted by molar-refractivity contribution is -0.133. The number of hydrogen-bond donors (Lipinski definition) is 0. The molecule has 1 amide bonds. The van der Waals surface area contributed by atoms with E-state index in [0.29, 0.717) is 11.8 Å². The summed E-state index contributed by atoms with van der Waals surface area (Å²) in [6, 6.07) is 0. The van der Waals surface area contributed by atoms with Crippen molar-refractivity contribution < 1.29 is 4.79 Å². The van der Waals surface area contributed by atoms with Crippen LogP contribution in [-0.2, 0) is 4.79 Å². The molecule has 1 heterocycles. The average Bonchev–Trinajstić information content (AvgIpc) is 2.29. The van der Waals surface area contributed by atoms with Crippen LogP contribution in [0.25, 0.3) is 0 Å². The average molecular weight is 237 g/mol. The van der Waals surface area contributed by atoms with E-state index in [0.717, 1.165) is 32.4 Å². The summed E-state index contributed by atoms with van der Waals surface area (Å²) in [6.07, 6.45) is 8.91. The highest BCUT2D eigenvalue weighted by Gasteiger charge is 2.18. The third-order valence-electron chi connectivity index (χ3n) is 3.44. The van der Waals surface area contributed by atoms with Crippen molar-refractivity contribution in [3.05, 3.63) is 11.6 Å². The third kappa shape index (κ3) is 5.90. The molecule has 1 aliphatic heterocycles. The third-order valence-corrected chi connectivity index (χ3v) is 3.44. The monoisotopic (exact) mass is 237 g/mol. The maximum atomic E-state index is 12.0. The lowest BCUT2D eigenvalue weighted by Gasteiger charge is -2.27. The second-order valence-electron chi connectivity index (χ2n) is 5.61. The summed E-state index contributed by atoms with van der Waals surface area (Å²) in [7, 11) is 0. The van der Waals surface area contributed by atoms with Crippen LogP contribution in [0.2, 0.25) is 0 Å². The highest BCUT2D eigenvalue weighted by atomic mass is 16.2. The Morgan fingerprint density at radius 3 is 2.47 bits per heavy atom. The Bertz CT molecular complexity index is 260. The van der Waals surface area contributed by atoms with Crippen molar-refractivity contribution in [1.82, 2.24) is 4.90 Å². The Balaban J connectivity index is 2.22. The van der Waals surface area contributed by atoms with Gasteiger partial charge in [-0.25, -0.2) is 0 Å². The summed E-state index contributed by atoms with van der Waals surface area (Å²) in [6.45, 7) is 8.42. The van der Waals surface area contributed by atoms with Gasteiger partial charge in [-0.15, -0.1) is 0 Å². The molecule has 0 aromatic carbocycles. The lowest BCUT2D eigenvalue weighted by Crippen LogP contribution is -2.36. The Labute approximate surface area is 106 Å². The maximum Gasteiger partial charge on any atom is 0.222 e. The summed E-state index contributed by atoms with van der Waals surface area (Å²) >= 11 is 0. The zero-order chi connectivity index (χ0) is 12.7. The highest BCUT2D eigenvalue weighted by molar-refractivity contribution is 5.76. The van der Waals surface area contributed by atoms with E-state index in [1.807, 2.05) is 0 Å². The molecule has 1 atom stereocenters. The summed E-state index contributed by atoms with van der Waals surface area (Å²) in [5, 5.41) is 0. The van der Waals surface area contributed by atoms with Gasteiger partial charge < -0.3 is 4.90 Å². The SMILES string of the molecule is CC(C)=CCCC(C)CC(=O)N1CCCCC1. The standard InChI is InChI=1S/C15H27NO/c1-13(2)8-7-9-14(3)12-15(17)16-10-5-4-6-11-16/h8,14H,4-7,9-12H2,1-3H3. The molecule has 98 valence electrons. The topological polar surface area (TPSA) is 20.3 Å². The quantitative estimate of drug-likeness (QED) is 0.666. The summed E-state index contributed by atoms with van der Waals surface area (Å²) in [5.74, 6) is 0.884. The lowest BCUT2D eigenvalue weighted by atomic mass is 9.99. The van der Waals surface area contributed by atoms with Gasteiger partial charge in [0.1, 0.15) is 0 Å². The minimum Gasteiger partial charge on any atom is -0.343 e. The van der Waals surface area contributed by atoms with Gasteiger partial charge in [-0.3, -0.25) is 4.79 Å². The van der Waals surface area contributed by atoms with E-state index in [1.165, 1.54) is 24.8 Å². The van der Waals surface area contributed by atoms with Crippen LogP contribution in [0.3, 0.4) is 0 Å². The predicted octanol–water partition coefficient (Wildman–Crippen LogP) is 3.77. The molecule has 2 nitrogen and oxygen atoms in total. The van der Waals surface area contributed by atoms with Crippen molar-refractivity contribution in [3.63, 3.8) is 0 Å². The zero-order valence-corrected chi connectivity index (χ0v) is 11.7. The molecule has 1 unspecified atom stereocenters. The second-order valence-corrected chi connectivity index (χ2v) is 5.61. The van der Waals surface area contributed by atoms with Crippen LogP contribution in [-0.4, -0.2) is 23.9 Å². The molecule has 1 rings (SSSR count). The molecule has 0 N–H and O–H groups in total. The van der Waals surface area contributed by atoms with Crippen LogP contribution in [0.5, 0.6) is 0 Å². The van der Waals surface area contributed by atoms with Crippen molar-refractivity contribution >= 4 is 5.91 Å². The Morgan fingerprint density at radius 2 is 1.88 bits per heavy atom. The summed E-state index contributed by atoms with van der Waals surface area (Å²) in [4.78, 5) is 14.1. The molecule has 1 fully saturated rings. The van der Waals surface area contributed by atoms with Crippen molar-refractivity contribution in [2.45, 2.75) is 59.3 Å². The van der Waals surface area contributed by atoms with Crippen molar-refractivity contribution in [1.29, 1.82) is 0 Å². The normalized spacial score (nSPS) is 17.7. The van der Waals surface area contributed by atoms with E-state index in [4.69, 9.17) is 0 Å². The zero-order valence-electron chi connectivity index (χ0n) is 11.7. The van der Waals surface area contributed by atoms with Crippen molar-refractivity contribution in [3.8, 4) is 0 Å². The molecule has 0 aromatic heterocycles. The van der Waals surface area contributed by atoms with Crippen LogP contribution < -0.4 is 0 Å². The van der Waals surface area contributed by atoms with E-state index in [1.54, 1.807) is 0 Å². The first-order valence-corrected chi connectivity index (χ1v) is 7.00. The molecule has 1 aliphatic rings. The summed E-state index contributed by atoms with van der Waals surface area (Å²) in [5.41, 5.74) is 1.37. The van der Waals surface area contributed by atoms with Gasteiger partial charge >= 0.3 is 0 Å². The number of hydrogen-bond acceptors (Lipinski definition) is 1. The van der Waals surface area contributed by atoms with Gasteiger partial charge in [0.25, 0.3) is 0 Å². The largest absolute Gasteiger partial charge is 0.343 e. The number of piperidine rings is 1. The first kappa shape index (κ1) is 14.3. The van der Waals surface area contributed by atoms with Gasteiger partial charge in [-0.1, -0.05) is 18.6 Å². The van der Waals surface area contributed by atoms with Gasteiger partial charge in [0, 0.05) is 19.5 Å². The van der Waals surface area contributed by atoms with Crippen LogP contribution >= 0.6 is 0 Å². The van der Waals surface area contributed by atoms with E-state index in [2.05, 4.69) is 31.7 Å². The van der Waals surface area contributed by atoms with Gasteiger partial charge in [0.05, 0.1) is 0 Å². The Kier molecular flexibility index (Phi) is 6.31. The van der Waals surface area contributed by atoms with E-state index in [-0.39, 0.29) is 0 Å². The van der Waals surface area contributed by atoms with Crippen molar-refractivity contribution in [2.75, 3.05) is 13.1 Å². The first-order valence-electron chi connectivity index (χ1n) is 7.00. The molecule has 0 bridgehead atoms. The van der Waals surface area contributed by atoms with Crippen LogP contribution in [0.4, 0.5) is 0 Å². The van der Waals surface area contributed by atoms with Gasteiger partial charge in [-0.05, 0) is 51.9 Å². The van der Waals surface area contributed by atoms with Gasteiger partial charge in [0.15, 0.2) is 0 Å². The van der Waals surface area contributed by atoms with Crippen LogP contribution in [0, 0.1) is 5.92 Å². The van der Waals surface area contributed by atoms with Crippen LogP contribution in [0.15, 0.2) is 11.6 Å². The molecule has 0 radical (unpaired) electrons. The van der Waals surface area contributed by atoms with Crippen molar-refractivity contribution in [2.24, 2.45) is 5.92 Å². The molecule has 2 heteroatoms.